The minimum Gasteiger partial charge on any atom is -0.382 e. The van der Waals surface area contributed by atoms with Gasteiger partial charge in [-0.25, -0.2) is 4.39 Å². The molecule has 1 unspecified atom stereocenters. The maximum Gasteiger partial charge on any atom is 0.147 e. The van der Waals surface area contributed by atoms with Crippen LogP contribution in [0, 0.1) is 5.82 Å². The molecule has 114 valence electrons. The number of aliphatic hydroxyl groups excluding tert-OH is 1. The standard InChI is InChI=1S/C14H16Cl2FN3O/c1-19(2)6-7-20-13(11(16)8-18-20)14(21)9-4-3-5-10(15)12(9)17/h3-5,8,14,21H,6-7H2,1-2H3. The molecule has 0 aliphatic heterocycles. The Bertz CT molecular complexity index is 631. The summed E-state index contributed by atoms with van der Waals surface area (Å²) in [5.41, 5.74) is 0.440. The summed E-state index contributed by atoms with van der Waals surface area (Å²) in [6, 6.07) is 4.49. The highest BCUT2D eigenvalue weighted by Gasteiger charge is 2.23. The normalized spacial score (nSPS) is 12.9. The van der Waals surface area contributed by atoms with E-state index in [1.807, 2.05) is 19.0 Å². The Balaban J connectivity index is 2.36. The minimum atomic E-state index is -1.22. The molecule has 2 rings (SSSR count). The number of aliphatic hydroxyl groups is 1. The van der Waals surface area contributed by atoms with Crippen molar-refractivity contribution in [3.8, 4) is 0 Å². The third-order valence-corrected chi connectivity index (χ3v) is 3.71. The van der Waals surface area contributed by atoms with Crippen LogP contribution in [0.5, 0.6) is 0 Å². The van der Waals surface area contributed by atoms with Gasteiger partial charge in [0.1, 0.15) is 11.9 Å². The van der Waals surface area contributed by atoms with E-state index in [2.05, 4.69) is 5.10 Å². The van der Waals surface area contributed by atoms with Crippen LogP contribution < -0.4 is 0 Å². The third kappa shape index (κ3) is 3.55. The summed E-state index contributed by atoms with van der Waals surface area (Å²) in [5, 5.41) is 14.8. The topological polar surface area (TPSA) is 41.3 Å². The molecule has 1 aromatic heterocycles. The number of likely N-dealkylation sites (N-methyl/N-ethyl adjacent to an activating group) is 1. The molecule has 21 heavy (non-hydrogen) atoms. The molecule has 0 saturated carbocycles. The van der Waals surface area contributed by atoms with Gasteiger partial charge >= 0.3 is 0 Å². The van der Waals surface area contributed by atoms with Gasteiger partial charge in [-0.3, -0.25) is 4.68 Å². The molecule has 1 heterocycles. The Hall–Kier alpha value is -1.14. The number of hydrogen-bond donors (Lipinski definition) is 1. The molecule has 1 N–H and O–H groups in total. The summed E-state index contributed by atoms with van der Waals surface area (Å²) >= 11 is 11.8. The van der Waals surface area contributed by atoms with E-state index in [1.165, 1.54) is 18.3 Å². The quantitative estimate of drug-likeness (QED) is 0.915. The second-order valence-electron chi connectivity index (χ2n) is 4.95. The maximum absolute atomic E-state index is 14.0. The molecule has 0 aliphatic carbocycles. The fourth-order valence-electron chi connectivity index (χ4n) is 2.00. The largest absolute Gasteiger partial charge is 0.382 e. The fraction of sp³-hybridized carbons (Fsp3) is 0.357. The molecule has 7 heteroatoms. The van der Waals surface area contributed by atoms with Crippen LogP contribution in [0.3, 0.4) is 0 Å². The van der Waals surface area contributed by atoms with Crippen molar-refractivity contribution in [3.63, 3.8) is 0 Å². The van der Waals surface area contributed by atoms with Gasteiger partial charge in [0.15, 0.2) is 0 Å². The molecular formula is C14H16Cl2FN3O. The van der Waals surface area contributed by atoms with Crippen molar-refractivity contribution in [2.24, 2.45) is 0 Å². The second-order valence-corrected chi connectivity index (χ2v) is 5.76. The lowest BCUT2D eigenvalue weighted by Gasteiger charge is -2.17. The zero-order valence-corrected chi connectivity index (χ0v) is 13.2. The van der Waals surface area contributed by atoms with E-state index >= 15 is 0 Å². The van der Waals surface area contributed by atoms with Crippen molar-refractivity contribution < 1.29 is 9.50 Å². The number of aromatic nitrogens is 2. The average molecular weight is 332 g/mol. The molecule has 0 spiro atoms. The number of rotatable bonds is 5. The van der Waals surface area contributed by atoms with Crippen molar-refractivity contribution in [1.29, 1.82) is 0 Å². The Morgan fingerprint density at radius 1 is 1.33 bits per heavy atom. The molecular weight excluding hydrogens is 316 g/mol. The van der Waals surface area contributed by atoms with Gasteiger partial charge in [-0.1, -0.05) is 35.3 Å². The molecule has 0 saturated heterocycles. The van der Waals surface area contributed by atoms with E-state index in [0.717, 1.165) is 6.54 Å². The smallest absolute Gasteiger partial charge is 0.147 e. The molecule has 2 aromatic rings. The van der Waals surface area contributed by atoms with Crippen LogP contribution in [0.1, 0.15) is 17.4 Å². The Kier molecular flexibility index (Phi) is 5.22. The van der Waals surface area contributed by atoms with Crippen molar-refractivity contribution in [2.45, 2.75) is 12.6 Å². The van der Waals surface area contributed by atoms with Gasteiger partial charge in [0.25, 0.3) is 0 Å². The number of hydrogen-bond acceptors (Lipinski definition) is 3. The van der Waals surface area contributed by atoms with Crippen LogP contribution in [-0.4, -0.2) is 40.4 Å². The first-order chi connectivity index (χ1) is 9.91. The van der Waals surface area contributed by atoms with E-state index in [9.17, 15) is 9.50 Å². The number of nitrogens with zero attached hydrogens (tertiary/aromatic N) is 3. The predicted molar refractivity (Wildman–Crippen MR) is 81.3 cm³/mol. The summed E-state index contributed by atoms with van der Waals surface area (Å²) in [6.07, 6.45) is 0.221. The van der Waals surface area contributed by atoms with Crippen molar-refractivity contribution >= 4 is 23.2 Å². The lowest BCUT2D eigenvalue weighted by molar-refractivity contribution is 0.201. The van der Waals surface area contributed by atoms with Crippen molar-refractivity contribution in [2.75, 3.05) is 20.6 Å². The van der Waals surface area contributed by atoms with E-state index in [4.69, 9.17) is 23.2 Å². The lowest BCUT2D eigenvalue weighted by atomic mass is 10.1. The molecule has 0 aliphatic rings. The number of halogens is 3. The molecule has 4 nitrogen and oxygen atoms in total. The van der Waals surface area contributed by atoms with Crippen LogP contribution in [0.4, 0.5) is 4.39 Å². The van der Waals surface area contributed by atoms with Crippen LogP contribution in [-0.2, 0) is 6.54 Å². The maximum atomic E-state index is 14.0. The predicted octanol–water partition coefficient (Wildman–Crippen LogP) is 2.97. The first kappa shape index (κ1) is 16.2. The van der Waals surface area contributed by atoms with Crippen LogP contribution in [0.2, 0.25) is 10.0 Å². The lowest BCUT2D eigenvalue weighted by Crippen LogP contribution is -2.21. The molecule has 0 radical (unpaired) electrons. The van der Waals surface area contributed by atoms with Gasteiger partial charge in [-0.15, -0.1) is 0 Å². The van der Waals surface area contributed by atoms with Gasteiger partial charge < -0.3 is 10.0 Å². The zero-order valence-electron chi connectivity index (χ0n) is 11.7. The summed E-state index contributed by atoms with van der Waals surface area (Å²) in [6.45, 7) is 1.25. The number of benzene rings is 1. The average Bonchev–Trinajstić information content (AvgIpc) is 2.80. The van der Waals surface area contributed by atoms with Gasteiger partial charge in [0, 0.05) is 12.1 Å². The Morgan fingerprint density at radius 3 is 2.71 bits per heavy atom. The molecule has 0 bridgehead atoms. The molecule has 0 fully saturated rings. The highest BCUT2D eigenvalue weighted by atomic mass is 35.5. The van der Waals surface area contributed by atoms with E-state index < -0.39 is 11.9 Å². The summed E-state index contributed by atoms with van der Waals surface area (Å²) in [5.74, 6) is -0.650. The van der Waals surface area contributed by atoms with Crippen LogP contribution in [0.25, 0.3) is 0 Å². The van der Waals surface area contributed by atoms with Gasteiger partial charge in [0.05, 0.1) is 28.5 Å². The first-order valence-corrected chi connectivity index (χ1v) is 7.15. The molecule has 1 aromatic carbocycles. The zero-order chi connectivity index (χ0) is 15.6. The van der Waals surface area contributed by atoms with E-state index in [1.54, 1.807) is 10.7 Å². The highest BCUT2D eigenvalue weighted by Crippen LogP contribution is 2.31. The second kappa shape index (κ2) is 6.75. The highest BCUT2D eigenvalue weighted by molar-refractivity contribution is 6.31. The Morgan fingerprint density at radius 2 is 2.05 bits per heavy atom. The minimum absolute atomic E-state index is 0.0398. The third-order valence-electron chi connectivity index (χ3n) is 3.13. The van der Waals surface area contributed by atoms with Gasteiger partial charge in [0.2, 0.25) is 0 Å². The van der Waals surface area contributed by atoms with Crippen molar-refractivity contribution in [1.82, 2.24) is 14.7 Å². The summed E-state index contributed by atoms with van der Waals surface area (Å²) in [7, 11) is 3.86. The van der Waals surface area contributed by atoms with Gasteiger partial charge in [-0.2, -0.15) is 5.10 Å². The van der Waals surface area contributed by atoms with Crippen molar-refractivity contribution in [3.05, 3.63) is 51.5 Å². The summed E-state index contributed by atoms with van der Waals surface area (Å²) in [4.78, 5) is 1.98. The first-order valence-electron chi connectivity index (χ1n) is 6.39. The Labute approximate surface area is 132 Å². The van der Waals surface area contributed by atoms with Crippen LogP contribution in [0.15, 0.2) is 24.4 Å². The molecule has 1 atom stereocenters. The monoisotopic (exact) mass is 331 g/mol. The molecule has 0 amide bonds. The summed E-state index contributed by atoms with van der Waals surface area (Å²) < 4.78 is 15.6. The van der Waals surface area contributed by atoms with E-state index in [-0.39, 0.29) is 10.6 Å². The van der Waals surface area contributed by atoms with Gasteiger partial charge in [-0.05, 0) is 20.2 Å². The fourth-order valence-corrected chi connectivity index (χ4v) is 2.42. The van der Waals surface area contributed by atoms with E-state index in [0.29, 0.717) is 17.3 Å². The SMILES string of the molecule is CN(C)CCn1ncc(Cl)c1C(O)c1cccc(Cl)c1F. The van der Waals surface area contributed by atoms with Crippen LogP contribution >= 0.6 is 23.2 Å².